The fourth-order valence-corrected chi connectivity index (χ4v) is 4.85. The van der Waals surface area contributed by atoms with Gasteiger partial charge in [0.05, 0.1) is 11.9 Å². The number of hydrogen-bond acceptors (Lipinski definition) is 6. The number of nitrogens with one attached hydrogen (secondary N) is 1. The van der Waals surface area contributed by atoms with Crippen molar-refractivity contribution in [3.63, 3.8) is 0 Å². The van der Waals surface area contributed by atoms with E-state index in [9.17, 15) is 0 Å². The van der Waals surface area contributed by atoms with Gasteiger partial charge in [-0.25, -0.2) is 4.39 Å². The van der Waals surface area contributed by atoms with E-state index >= 15 is 4.39 Å². The zero-order chi connectivity index (χ0) is 24.2. The van der Waals surface area contributed by atoms with E-state index in [2.05, 4.69) is 50.3 Å². The van der Waals surface area contributed by atoms with Crippen molar-refractivity contribution in [3.8, 4) is 0 Å². The summed E-state index contributed by atoms with van der Waals surface area (Å²) in [5.74, 6) is -0.264. The summed E-state index contributed by atoms with van der Waals surface area (Å²) in [6, 6.07) is 11.8. The molecule has 0 bridgehead atoms. The predicted molar refractivity (Wildman–Crippen MR) is 144 cm³/mol. The highest BCUT2D eigenvalue weighted by atomic mass is 35.5. The number of hydrazone groups is 1. The molecule has 4 rings (SSSR count). The van der Waals surface area contributed by atoms with Crippen molar-refractivity contribution in [1.29, 1.82) is 0 Å². The second-order valence-corrected chi connectivity index (χ2v) is 9.78. The first-order chi connectivity index (χ1) is 16.3. The second-order valence-electron chi connectivity index (χ2n) is 8.90. The summed E-state index contributed by atoms with van der Waals surface area (Å²) in [6.45, 7) is 4.81. The van der Waals surface area contributed by atoms with Gasteiger partial charge in [-0.3, -0.25) is 5.43 Å². The van der Waals surface area contributed by atoms with E-state index in [-0.39, 0.29) is 10.9 Å². The van der Waals surface area contributed by atoms with Crippen LogP contribution in [0.1, 0.15) is 12.0 Å². The molecule has 3 N–H and O–H groups in total. The van der Waals surface area contributed by atoms with Crippen LogP contribution in [0, 0.1) is 5.82 Å². The number of halogens is 2. The molecule has 182 valence electrons. The van der Waals surface area contributed by atoms with Crippen LogP contribution in [-0.4, -0.2) is 75.6 Å². The lowest BCUT2D eigenvalue weighted by atomic mass is 10.1. The Morgan fingerprint density at radius 1 is 1.12 bits per heavy atom. The molecule has 2 aromatic carbocycles. The molecule has 0 unspecified atom stereocenters. The minimum absolute atomic E-state index is 0.0707. The van der Waals surface area contributed by atoms with Gasteiger partial charge in [0.2, 0.25) is 0 Å². The summed E-state index contributed by atoms with van der Waals surface area (Å²) in [4.78, 5) is 8.94. The molecule has 1 atom stereocenters. The van der Waals surface area contributed by atoms with Crippen molar-refractivity contribution < 1.29 is 4.39 Å². The standard InChI is InChI=1S/C24H31ClFN7S/c1-30(2)20-6-7-33(16-20)22-14-23(21(26)12-17(22)15-28-29-24(27)34)32-10-8-31(9-11-32)19-5-3-4-18(25)13-19/h3-5,12-15,20H,6-11,16H2,1-2H3,(H3,27,29,34)/b28-15+/t20-/m1/s1. The molecule has 0 amide bonds. The van der Waals surface area contributed by atoms with E-state index in [4.69, 9.17) is 29.6 Å². The molecule has 34 heavy (non-hydrogen) atoms. The van der Waals surface area contributed by atoms with Gasteiger partial charge in [-0.1, -0.05) is 17.7 Å². The Balaban J connectivity index is 1.57. The lowest BCUT2D eigenvalue weighted by molar-refractivity contribution is 0.315. The summed E-state index contributed by atoms with van der Waals surface area (Å²) >= 11 is 11.0. The predicted octanol–water partition coefficient (Wildman–Crippen LogP) is 3.11. The third-order valence-electron chi connectivity index (χ3n) is 6.50. The van der Waals surface area contributed by atoms with Crippen LogP contribution in [0.4, 0.5) is 21.5 Å². The molecule has 0 aliphatic carbocycles. The average Bonchev–Trinajstić information content (AvgIpc) is 3.30. The van der Waals surface area contributed by atoms with E-state index in [0.29, 0.717) is 17.3 Å². The molecule has 2 saturated heterocycles. The number of nitrogens with zero attached hydrogens (tertiary/aromatic N) is 5. The molecule has 2 aliphatic rings. The molecular formula is C24H31ClFN7S. The van der Waals surface area contributed by atoms with Gasteiger partial charge in [-0.05, 0) is 63.1 Å². The minimum atomic E-state index is -0.264. The van der Waals surface area contributed by atoms with Gasteiger partial charge < -0.3 is 25.3 Å². The van der Waals surface area contributed by atoms with Crippen LogP contribution >= 0.6 is 23.8 Å². The molecular weight excluding hydrogens is 473 g/mol. The Morgan fingerprint density at radius 3 is 2.50 bits per heavy atom. The summed E-state index contributed by atoms with van der Waals surface area (Å²) < 4.78 is 15.3. The SMILES string of the molecule is CN(C)[C@@H]1CCN(c2cc(N3CCN(c4cccc(Cl)c4)CC3)c(F)cc2/C=N/NC(N)=S)C1. The number of nitrogens with two attached hydrogens (primary N) is 1. The van der Waals surface area contributed by atoms with Crippen molar-refractivity contribution in [1.82, 2.24) is 10.3 Å². The third-order valence-corrected chi connectivity index (χ3v) is 6.83. The minimum Gasteiger partial charge on any atom is -0.375 e. The first kappa shape index (κ1) is 24.5. The molecule has 0 aromatic heterocycles. The zero-order valence-electron chi connectivity index (χ0n) is 19.5. The van der Waals surface area contributed by atoms with Gasteiger partial charge in [-0.15, -0.1) is 0 Å². The van der Waals surface area contributed by atoms with Crippen LogP contribution < -0.4 is 25.9 Å². The summed E-state index contributed by atoms with van der Waals surface area (Å²) in [5, 5.41) is 4.88. The van der Waals surface area contributed by atoms with Crippen LogP contribution in [0.25, 0.3) is 0 Å². The maximum Gasteiger partial charge on any atom is 0.184 e. The number of likely N-dealkylation sites (N-methyl/N-ethyl adjacent to an activating group) is 1. The largest absolute Gasteiger partial charge is 0.375 e. The first-order valence-electron chi connectivity index (χ1n) is 11.4. The average molecular weight is 504 g/mol. The molecule has 2 heterocycles. The number of benzene rings is 2. The monoisotopic (exact) mass is 503 g/mol. The molecule has 0 radical (unpaired) electrons. The van der Waals surface area contributed by atoms with Crippen molar-refractivity contribution in [2.75, 3.05) is 68.1 Å². The Morgan fingerprint density at radius 2 is 1.85 bits per heavy atom. The van der Waals surface area contributed by atoms with Gasteiger partial charge in [0.25, 0.3) is 0 Å². The van der Waals surface area contributed by atoms with Gasteiger partial charge in [0.15, 0.2) is 5.11 Å². The van der Waals surface area contributed by atoms with Crippen molar-refractivity contribution in [3.05, 3.63) is 52.8 Å². The van der Waals surface area contributed by atoms with Crippen LogP contribution in [0.3, 0.4) is 0 Å². The fraction of sp³-hybridized carbons (Fsp3) is 0.417. The highest BCUT2D eigenvalue weighted by molar-refractivity contribution is 7.80. The molecule has 10 heteroatoms. The fourth-order valence-electron chi connectivity index (χ4n) is 4.61. The first-order valence-corrected chi connectivity index (χ1v) is 12.2. The smallest absolute Gasteiger partial charge is 0.184 e. The third kappa shape index (κ3) is 5.71. The van der Waals surface area contributed by atoms with Crippen LogP contribution in [0.2, 0.25) is 5.02 Å². The molecule has 2 aromatic rings. The van der Waals surface area contributed by atoms with Crippen molar-refractivity contribution in [2.24, 2.45) is 10.8 Å². The zero-order valence-corrected chi connectivity index (χ0v) is 21.1. The Bertz CT molecular complexity index is 1060. The molecule has 7 nitrogen and oxygen atoms in total. The van der Waals surface area contributed by atoms with Crippen LogP contribution in [0.15, 0.2) is 41.5 Å². The molecule has 2 fully saturated rings. The van der Waals surface area contributed by atoms with E-state index in [1.54, 1.807) is 12.3 Å². The Kier molecular flexibility index (Phi) is 7.75. The van der Waals surface area contributed by atoms with Crippen LogP contribution in [-0.2, 0) is 0 Å². The van der Waals surface area contributed by atoms with Gasteiger partial charge in [0.1, 0.15) is 5.82 Å². The van der Waals surface area contributed by atoms with Crippen molar-refractivity contribution in [2.45, 2.75) is 12.5 Å². The van der Waals surface area contributed by atoms with Crippen molar-refractivity contribution >= 4 is 52.2 Å². The second kappa shape index (κ2) is 10.8. The summed E-state index contributed by atoms with van der Waals surface area (Å²) in [7, 11) is 4.19. The van der Waals surface area contributed by atoms with E-state index in [1.165, 1.54) is 0 Å². The molecule has 2 aliphatic heterocycles. The summed E-state index contributed by atoms with van der Waals surface area (Å²) in [5.41, 5.74) is 11.4. The van der Waals surface area contributed by atoms with E-state index in [0.717, 1.165) is 62.1 Å². The van der Waals surface area contributed by atoms with E-state index in [1.807, 2.05) is 24.3 Å². The Labute approximate surface area is 210 Å². The normalized spacial score (nSPS) is 18.9. The highest BCUT2D eigenvalue weighted by Crippen LogP contribution is 2.33. The number of hydrogen-bond donors (Lipinski definition) is 2. The number of thiocarbonyl (C=S) groups is 1. The quantitative estimate of drug-likeness (QED) is 0.357. The number of rotatable bonds is 6. The maximum atomic E-state index is 15.3. The highest BCUT2D eigenvalue weighted by Gasteiger charge is 2.28. The van der Waals surface area contributed by atoms with E-state index < -0.39 is 0 Å². The van der Waals surface area contributed by atoms with Gasteiger partial charge in [0, 0.05) is 67.3 Å². The number of piperazine rings is 1. The molecule has 0 spiro atoms. The van der Waals surface area contributed by atoms with Gasteiger partial charge >= 0.3 is 0 Å². The maximum absolute atomic E-state index is 15.3. The lowest BCUT2D eigenvalue weighted by Gasteiger charge is -2.38. The summed E-state index contributed by atoms with van der Waals surface area (Å²) in [6.07, 6.45) is 2.64. The number of anilines is 3. The topological polar surface area (TPSA) is 63.4 Å². The van der Waals surface area contributed by atoms with Crippen LogP contribution in [0.5, 0.6) is 0 Å². The molecule has 0 saturated carbocycles. The van der Waals surface area contributed by atoms with Gasteiger partial charge in [-0.2, -0.15) is 5.10 Å². The lowest BCUT2D eigenvalue weighted by Crippen LogP contribution is -2.47. The Hall–Kier alpha value is -2.62.